The Morgan fingerprint density at radius 2 is 1.95 bits per heavy atom. The third-order valence-corrected chi connectivity index (χ3v) is 5.62. The summed E-state index contributed by atoms with van der Waals surface area (Å²) in [4.78, 5) is 0.129. The Morgan fingerprint density at radius 1 is 1.33 bits per heavy atom. The molecule has 2 rings (SSSR count). The highest BCUT2D eigenvalue weighted by Gasteiger charge is 2.43. The van der Waals surface area contributed by atoms with Crippen LogP contribution in [0.25, 0.3) is 0 Å². The predicted molar refractivity (Wildman–Crippen MR) is 81.1 cm³/mol. The van der Waals surface area contributed by atoms with Gasteiger partial charge < -0.3 is 4.74 Å². The van der Waals surface area contributed by atoms with Crippen LogP contribution in [0.5, 0.6) is 5.75 Å². The van der Waals surface area contributed by atoms with Crippen molar-refractivity contribution in [2.45, 2.75) is 44.9 Å². The molecule has 1 aliphatic rings. The number of hydrogen-bond acceptors (Lipinski definition) is 4. The zero-order chi connectivity index (χ0) is 15.8. The molecule has 0 amide bonds. The Kier molecular flexibility index (Phi) is 4.23. The summed E-state index contributed by atoms with van der Waals surface area (Å²) in [6.07, 6.45) is 2.51. The largest absolute Gasteiger partial charge is 0.492 e. The maximum absolute atomic E-state index is 11.6. The van der Waals surface area contributed by atoms with Gasteiger partial charge in [-0.05, 0) is 56.4 Å². The Labute approximate surface area is 130 Å². The van der Waals surface area contributed by atoms with Crippen LogP contribution in [0.4, 0.5) is 0 Å². The van der Waals surface area contributed by atoms with Crippen LogP contribution in [-0.4, -0.2) is 15.0 Å². The summed E-state index contributed by atoms with van der Waals surface area (Å²) in [5, 5.41) is 8.83. The molecule has 0 N–H and O–H groups in total. The molecule has 0 radical (unpaired) electrons. The number of nitrogens with zero attached hydrogens (tertiary/aromatic N) is 1. The van der Waals surface area contributed by atoms with Crippen molar-refractivity contribution in [3.63, 3.8) is 0 Å². The fourth-order valence-corrected chi connectivity index (χ4v) is 3.76. The van der Waals surface area contributed by atoms with E-state index in [0.717, 1.165) is 24.0 Å². The molecule has 0 atom stereocenters. The summed E-state index contributed by atoms with van der Waals surface area (Å²) < 4.78 is 29.0. The summed E-state index contributed by atoms with van der Waals surface area (Å²) in [6, 6.07) is 3.75. The maximum Gasteiger partial charge on any atom is 0.261 e. The average molecular weight is 328 g/mol. The van der Waals surface area contributed by atoms with Gasteiger partial charge >= 0.3 is 0 Å². The number of benzene rings is 1. The summed E-state index contributed by atoms with van der Waals surface area (Å²) in [5.41, 5.74) is 2.11. The molecule has 0 heterocycles. The second-order valence-electron chi connectivity index (χ2n) is 5.83. The zero-order valence-electron chi connectivity index (χ0n) is 12.4. The summed E-state index contributed by atoms with van der Waals surface area (Å²) >= 11 is 0. The number of rotatable bonds is 5. The van der Waals surface area contributed by atoms with Crippen molar-refractivity contribution < 1.29 is 13.2 Å². The fourth-order valence-electron chi connectivity index (χ4n) is 2.44. The maximum atomic E-state index is 11.6. The first kappa shape index (κ1) is 16.1. The second kappa shape index (κ2) is 5.51. The topological polar surface area (TPSA) is 67.2 Å². The molecule has 1 saturated carbocycles. The van der Waals surface area contributed by atoms with Crippen LogP contribution in [-0.2, 0) is 9.05 Å². The lowest BCUT2D eigenvalue weighted by Gasteiger charge is -2.19. The van der Waals surface area contributed by atoms with E-state index in [9.17, 15) is 8.42 Å². The van der Waals surface area contributed by atoms with Crippen LogP contribution in [0.3, 0.4) is 0 Å². The first-order valence-corrected chi connectivity index (χ1v) is 9.06. The lowest BCUT2D eigenvalue weighted by Crippen LogP contribution is -2.14. The summed E-state index contributed by atoms with van der Waals surface area (Å²) in [7, 11) is 1.70. The Balaban J connectivity index is 2.30. The lowest BCUT2D eigenvalue weighted by atomic mass is 10.0. The highest BCUT2D eigenvalue weighted by atomic mass is 35.7. The van der Waals surface area contributed by atoms with Crippen molar-refractivity contribution in [3.8, 4) is 11.8 Å². The van der Waals surface area contributed by atoms with Crippen molar-refractivity contribution in [2.75, 3.05) is 6.61 Å². The first-order valence-electron chi connectivity index (χ1n) is 6.75. The van der Waals surface area contributed by atoms with E-state index in [1.807, 2.05) is 6.92 Å². The standard InChI is InChI=1S/C15H18ClNO3S/c1-10-8-13(21(16,18)19)11(2)12(3)14(10)20-9-15(4-5-15)6-7-17/h8H,4-6,9H2,1-3H3. The molecule has 0 aromatic heterocycles. The van der Waals surface area contributed by atoms with Crippen LogP contribution < -0.4 is 4.74 Å². The van der Waals surface area contributed by atoms with E-state index in [1.165, 1.54) is 0 Å². The summed E-state index contributed by atoms with van der Waals surface area (Å²) in [5.74, 6) is 0.695. The van der Waals surface area contributed by atoms with Gasteiger partial charge in [-0.2, -0.15) is 5.26 Å². The number of nitriles is 1. The highest BCUT2D eigenvalue weighted by molar-refractivity contribution is 8.13. The number of ether oxygens (including phenoxy) is 1. The minimum atomic E-state index is -3.76. The molecule has 0 unspecified atom stereocenters. The lowest BCUT2D eigenvalue weighted by molar-refractivity contribution is 0.234. The van der Waals surface area contributed by atoms with E-state index in [1.54, 1.807) is 19.9 Å². The third kappa shape index (κ3) is 3.33. The molecule has 1 aromatic rings. The molecular formula is C15H18ClNO3S. The van der Waals surface area contributed by atoms with Gasteiger partial charge in [0.05, 0.1) is 17.6 Å². The minimum Gasteiger partial charge on any atom is -0.492 e. The molecule has 1 aliphatic carbocycles. The van der Waals surface area contributed by atoms with Crippen LogP contribution in [0, 0.1) is 37.5 Å². The van der Waals surface area contributed by atoms with Crippen LogP contribution in [0.2, 0.25) is 0 Å². The zero-order valence-corrected chi connectivity index (χ0v) is 13.9. The SMILES string of the molecule is Cc1cc(S(=O)(=O)Cl)c(C)c(C)c1OCC1(CC#N)CC1. The molecule has 0 aliphatic heterocycles. The molecule has 0 spiro atoms. The predicted octanol–water partition coefficient (Wildman–Crippen LogP) is 3.61. The van der Waals surface area contributed by atoms with Crippen molar-refractivity contribution in [3.05, 3.63) is 22.8 Å². The number of halogens is 1. The first-order chi connectivity index (χ1) is 9.70. The normalized spacial score (nSPS) is 16.3. The molecule has 0 bridgehead atoms. The Hall–Kier alpha value is -1.25. The number of hydrogen-bond donors (Lipinski definition) is 0. The second-order valence-corrected chi connectivity index (χ2v) is 8.37. The van der Waals surface area contributed by atoms with Crippen molar-refractivity contribution in [1.82, 2.24) is 0 Å². The number of aryl methyl sites for hydroxylation is 1. The molecule has 0 saturated heterocycles. The van der Waals surface area contributed by atoms with Crippen molar-refractivity contribution in [1.29, 1.82) is 5.26 Å². The van der Waals surface area contributed by atoms with Gasteiger partial charge in [0, 0.05) is 22.5 Å². The highest BCUT2D eigenvalue weighted by Crippen LogP contribution is 2.49. The van der Waals surface area contributed by atoms with Gasteiger partial charge in [-0.15, -0.1) is 0 Å². The minimum absolute atomic E-state index is 0.0151. The fraction of sp³-hybridized carbons (Fsp3) is 0.533. The van der Waals surface area contributed by atoms with Crippen LogP contribution in [0.1, 0.15) is 36.0 Å². The smallest absolute Gasteiger partial charge is 0.261 e. The molecule has 21 heavy (non-hydrogen) atoms. The molecule has 1 fully saturated rings. The van der Waals surface area contributed by atoms with Gasteiger partial charge in [0.1, 0.15) is 5.75 Å². The summed E-state index contributed by atoms with van der Waals surface area (Å²) in [6.45, 7) is 5.85. The van der Waals surface area contributed by atoms with Crippen molar-refractivity contribution >= 4 is 19.7 Å². The molecule has 4 nitrogen and oxygen atoms in total. The van der Waals surface area contributed by atoms with Gasteiger partial charge in [-0.1, -0.05) is 0 Å². The Bertz CT molecular complexity index is 715. The van der Waals surface area contributed by atoms with Crippen LogP contribution >= 0.6 is 10.7 Å². The van der Waals surface area contributed by atoms with E-state index < -0.39 is 9.05 Å². The van der Waals surface area contributed by atoms with Gasteiger partial charge in [0.2, 0.25) is 0 Å². The van der Waals surface area contributed by atoms with E-state index in [-0.39, 0.29) is 10.3 Å². The van der Waals surface area contributed by atoms with Gasteiger partial charge in [0.25, 0.3) is 9.05 Å². The molecule has 114 valence electrons. The average Bonchev–Trinajstić information content (AvgIpc) is 3.13. The molecule has 1 aromatic carbocycles. The Morgan fingerprint density at radius 3 is 2.43 bits per heavy atom. The van der Waals surface area contributed by atoms with E-state index in [0.29, 0.717) is 24.3 Å². The van der Waals surface area contributed by atoms with Gasteiger partial charge in [-0.3, -0.25) is 0 Å². The third-order valence-electron chi connectivity index (χ3n) is 4.17. The van der Waals surface area contributed by atoms with E-state index in [4.69, 9.17) is 20.7 Å². The van der Waals surface area contributed by atoms with Gasteiger partial charge in [0.15, 0.2) is 0 Å². The van der Waals surface area contributed by atoms with Crippen molar-refractivity contribution in [2.24, 2.45) is 5.41 Å². The van der Waals surface area contributed by atoms with E-state index >= 15 is 0 Å². The monoisotopic (exact) mass is 327 g/mol. The van der Waals surface area contributed by atoms with Crippen LogP contribution in [0.15, 0.2) is 11.0 Å². The molecule has 6 heteroatoms. The van der Waals surface area contributed by atoms with E-state index in [2.05, 4.69) is 6.07 Å². The van der Waals surface area contributed by atoms with Gasteiger partial charge in [-0.25, -0.2) is 8.42 Å². The quantitative estimate of drug-likeness (QED) is 0.775. The molecular weight excluding hydrogens is 310 g/mol.